The molecule has 1 rings (SSSR count). The molecule has 0 aromatic heterocycles. The third-order valence-corrected chi connectivity index (χ3v) is 3.20. The number of hydrogen-bond donors (Lipinski definition) is 0. The van der Waals surface area contributed by atoms with E-state index < -0.39 is 0 Å². The van der Waals surface area contributed by atoms with Crippen LogP contribution < -0.4 is 0 Å². The molecule has 1 aromatic rings. The van der Waals surface area contributed by atoms with Gasteiger partial charge in [0.15, 0.2) is 0 Å². The molecule has 0 aliphatic rings. The second kappa shape index (κ2) is 6.42. The van der Waals surface area contributed by atoms with Crippen LogP contribution in [0.5, 0.6) is 0 Å². The van der Waals surface area contributed by atoms with Gasteiger partial charge in [0.2, 0.25) is 0 Å². The molecular formula is C15H23ClO. The van der Waals surface area contributed by atoms with E-state index in [0.29, 0.717) is 5.92 Å². The standard InChI is InChI=1S/C15H23ClO/c1-10(2)14-8-6-7-13(15(14)16)9-12(5)17-11(3)4/h6-8,10-12H,9H2,1-5H3. The van der Waals surface area contributed by atoms with E-state index in [4.69, 9.17) is 16.3 Å². The lowest BCUT2D eigenvalue weighted by atomic mass is 9.98. The summed E-state index contributed by atoms with van der Waals surface area (Å²) in [5.41, 5.74) is 2.41. The molecule has 0 saturated heterocycles. The molecule has 0 aliphatic carbocycles. The molecule has 0 fully saturated rings. The molecule has 0 amide bonds. The number of halogens is 1. The van der Waals surface area contributed by atoms with Crippen molar-refractivity contribution in [3.05, 3.63) is 34.3 Å². The van der Waals surface area contributed by atoms with Crippen LogP contribution in [-0.2, 0) is 11.2 Å². The Morgan fingerprint density at radius 1 is 1.12 bits per heavy atom. The van der Waals surface area contributed by atoms with E-state index in [9.17, 15) is 0 Å². The maximum atomic E-state index is 6.43. The van der Waals surface area contributed by atoms with Gasteiger partial charge >= 0.3 is 0 Å². The number of hydrogen-bond acceptors (Lipinski definition) is 1. The summed E-state index contributed by atoms with van der Waals surface area (Å²) >= 11 is 6.43. The molecule has 0 heterocycles. The van der Waals surface area contributed by atoms with Crippen molar-refractivity contribution >= 4 is 11.6 Å². The molecule has 1 nitrogen and oxygen atoms in total. The fraction of sp³-hybridized carbons (Fsp3) is 0.600. The average molecular weight is 255 g/mol. The first-order valence-corrected chi connectivity index (χ1v) is 6.72. The van der Waals surface area contributed by atoms with Crippen molar-refractivity contribution < 1.29 is 4.74 Å². The van der Waals surface area contributed by atoms with Gasteiger partial charge < -0.3 is 4.74 Å². The monoisotopic (exact) mass is 254 g/mol. The van der Waals surface area contributed by atoms with Gasteiger partial charge in [-0.3, -0.25) is 0 Å². The Bertz CT molecular complexity index is 358. The van der Waals surface area contributed by atoms with Crippen LogP contribution in [0.15, 0.2) is 18.2 Å². The molecule has 96 valence electrons. The molecule has 0 radical (unpaired) electrons. The Labute approximate surface area is 110 Å². The molecule has 0 N–H and O–H groups in total. The van der Waals surface area contributed by atoms with Crippen molar-refractivity contribution in [1.82, 2.24) is 0 Å². The van der Waals surface area contributed by atoms with Crippen LogP contribution in [0.3, 0.4) is 0 Å². The van der Waals surface area contributed by atoms with E-state index in [2.05, 4.69) is 52.8 Å². The van der Waals surface area contributed by atoms with Crippen molar-refractivity contribution in [3.8, 4) is 0 Å². The van der Waals surface area contributed by atoms with Crippen LogP contribution in [0.1, 0.15) is 51.7 Å². The zero-order chi connectivity index (χ0) is 13.0. The smallest absolute Gasteiger partial charge is 0.0591 e. The fourth-order valence-electron chi connectivity index (χ4n) is 2.03. The highest BCUT2D eigenvalue weighted by molar-refractivity contribution is 6.32. The van der Waals surface area contributed by atoms with Crippen molar-refractivity contribution in [2.45, 2.75) is 59.2 Å². The number of benzene rings is 1. The van der Waals surface area contributed by atoms with Gasteiger partial charge in [0.1, 0.15) is 0 Å². The van der Waals surface area contributed by atoms with Crippen molar-refractivity contribution in [3.63, 3.8) is 0 Å². The molecular weight excluding hydrogens is 232 g/mol. The van der Waals surface area contributed by atoms with Crippen LogP contribution in [0.2, 0.25) is 5.02 Å². The lowest BCUT2D eigenvalue weighted by molar-refractivity contribution is 0.0195. The summed E-state index contributed by atoms with van der Waals surface area (Å²) in [6.07, 6.45) is 1.34. The minimum Gasteiger partial charge on any atom is -0.376 e. The first-order valence-electron chi connectivity index (χ1n) is 6.34. The van der Waals surface area contributed by atoms with Gasteiger partial charge in [-0.15, -0.1) is 0 Å². The van der Waals surface area contributed by atoms with E-state index in [1.165, 1.54) is 11.1 Å². The number of ether oxygens (including phenoxy) is 1. The summed E-state index contributed by atoms with van der Waals surface area (Å²) in [5, 5.41) is 0.904. The molecule has 0 saturated carbocycles. The Morgan fingerprint density at radius 2 is 1.76 bits per heavy atom. The highest BCUT2D eigenvalue weighted by Gasteiger charge is 2.12. The highest BCUT2D eigenvalue weighted by atomic mass is 35.5. The summed E-state index contributed by atoms with van der Waals surface area (Å²) in [7, 11) is 0. The van der Waals surface area contributed by atoms with Crippen molar-refractivity contribution in [1.29, 1.82) is 0 Å². The average Bonchev–Trinajstić information content (AvgIpc) is 2.19. The Hall–Kier alpha value is -0.530. The second-order valence-electron chi connectivity index (χ2n) is 5.17. The number of rotatable bonds is 5. The van der Waals surface area contributed by atoms with Gasteiger partial charge in [-0.2, -0.15) is 0 Å². The minimum absolute atomic E-state index is 0.204. The van der Waals surface area contributed by atoms with Crippen molar-refractivity contribution in [2.75, 3.05) is 0 Å². The summed E-state index contributed by atoms with van der Waals surface area (Å²) in [5.74, 6) is 0.462. The maximum absolute atomic E-state index is 6.43. The summed E-state index contributed by atoms with van der Waals surface area (Å²) in [4.78, 5) is 0. The van der Waals surface area contributed by atoms with Crippen LogP contribution in [0.4, 0.5) is 0 Å². The van der Waals surface area contributed by atoms with Crippen LogP contribution in [0, 0.1) is 0 Å². The van der Waals surface area contributed by atoms with E-state index in [1.54, 1.807) is 0 Å². The SMILES string of the molecule is CC(C)OC(C)Cc1cccc(C(C)C)c1Cl. The highest BCUT2D eigenvalue weighted by Crippen LogP contribution is 2.28. The van der Waals surface area contributed by atoms with Gasteiger partial charge in [-0.1, -0.05) is 43.6 Å². The lowest BCUT2D eigenvalue weighted by Gasteiger charge is -2.18. The third kappa shape index (κ3) is 4.33. The van der Waals surface area contributed by atoms with E-state index in [0.717, 1.165) is 11.4 Å². The molecule has 1 unspecified atom stereocenters. The predicted octanol–water partition coefficient (Wildman–Crippen LogP) is 4.82. The largest absolute Gasteiger partial charge is 0.376 e. The summed E-state index contributed by atoms with van der Waals surface area (Å²) < 4.78 is 5.75. The molecule has 0 spiro atoms. The van der Waals surface area contributed by atoms with Crippen LogP contribution in [0.25, 0.3) is 0 Å². The quantitative estimate of drug-likeness (QED) is 0.732. The Kier molecular flexibility index (Phi) is 5.48. The van der Waals surface area contributed by atoms with Crippen molar-refractivity contribution in [2.24, 2.45) is 0 Å². The van der Waals surface area contributed by atoms with Gasteiger partial charge in [-0.05, 0) is 44.2 Å². The zero-order valence-corrected chi connectivity index (χ0v) is 12.2. The Morgan fingerprint density at radius 3 is 2.29 bits per heavy atom. The predicted molar refractivity (Wildman–Crippen MR) is 74.9 cm³/mol. The fourth-order valence-corrected chi connectivity index (χ4v) is 2.45. The molecule has 2 heteroatoms. The third-order valence-electron chi connectivity index (χ3n) is 2.74. The molecule has 0 bridgehead atoms. The molecule has 0 aliphatic heterocycles. The van der Waals surface area contributed by atoms with Gasteiger partial charge in [0, 0.05) is 5.02 Å². The van der Waals surface area contributed by atoms with Gasteiger partial charge in [-0.25, -0.2) is 0 Å². The minimum atomic E-state index is 0.204. The lowest BCUT2D eigenvalue weighted by Crippen LogP contribution is -2.17. The first kappa shape index (κ1) is 14.5. The van der Waals surface area contributed by atoms with Crippen LogP contribution in [-0.4, -0.2) is 12.2 Å². The zero-order valence-electron chi connectivity index (χ0n) is 11.5. The maximum Gasteiger partial charge on any atom is 0.0591 e. The normalized spacial score (nSPS) is 13.4. The van der Waals surface area contributed by atoms with E-state index >= 15 is 0 Å². The summed E-state index contributed by atoms with van der Waals surface area (Å²) in [6, 6.07) is 6.28. The molecule has 17 heavy (non-hydrogen) atoms. The molecule has 1 aromatic carbocycles. The molecule has 1 atom stereocenters. The Balaban J connectivity index is 2.81. The van der Waals surface area contributed by atoms with E-state index in [1.807, 2.05) is 0 Å². The first-order chi connectivity index (χ1) is 7.91. The van der Waals surface area contributed by atoms with E-state index in [-0.39, 0.29) is 12.2 Å². The summed E-state index contributed by atoms with van der Waals surface area (Å²) in [6.45, 7) is 10.5. The van der Waals surface area contributed by atoms with Gasteiger partial charge in [0.05, 0.1) is 12.2 Å². The second-order valence-corrected chi connectivity index (χ2v) is 5.55. The topological polar surface area (TPSA) is 9.23 Å². The van der Waals surface area contributed by atoms with Gasteiger partial charge in [0.25, 0.3) is 0 Å². The van der Waals surface area contributed by atoms with Crippen LogP contribution >= 0.6 is 11.6 Å².